The van der Waals surface area contributed by atoms with Gasteiger partial charge in [0.1, 0.15) is 0 Å². The van der Waals surface area contributed by atoms with Crippen molar-refractivity contribution >= 4 is 0 Å². The van der Waals surface area contributed by atoms with E-state index in [1.165, 1.54) is 49.8 Å². The molecule has 112 valence electrons. The molecule has 0 bridgehead atoms. The summed E-state index contributed by atoms with van der Waals surface area (Å²) < 4.78 is 0. The summed E-state index contributed by atoms with van der Waals surface area (Å²) in [5, 5.41) is 3.65. The summed E-state index contributed by atoms with van der Waals surface area (Å²) in [6.45, 7) is 7.93. The molecule has 1 nitrogen and oxygen atoms in total. The first kappa shape index (κ1) is 15.6. The maximum absolute atomic E-state index is 3.65. The van der Waals surface area contributed by atoms with Crippen molar-refractivity contribution in [2.24, 2.45) is 11.8 Å². The summed E-state index contributed by atoms with van der Waals surface area (Å²) in [4.78, 5) is 0. The lowest BCUT2D eigenvalue weighted by molar-refractivity contribution is 0.224. The van der Waals surface area contributed by atoms with Gasteiger partial charge in [0.25, 0.3) is 0 Å². The lowest BCUT2D eigenvalue weighted by atomic mass is 9.76. The largest absolute Gasteiger partial charge is 0.314 e. The molecule has 20 heavy (non-hydrogen) atoms. The first-order valence-electron chi connectivity index (χ1n) is 8.50. The van der Waals surface area contributed by atoms with Crippen LogP contribution in [0.3, 0.4) is 0 Å². The molecule has 0 amide bonds. The quantitative estimate of drug-likeness (QED) is 0.799. The van der Waals surface area contributed by atoms with Crippen molar-refractivity contribution in [3.8, 4) is 0 Å². The highest BCUT2D eigenvalue weighted by molar-refractivity contribution is 5.23. The predicted octanol–water partition coefficient (Wildman–Crippen LogP) is 4.60. The zero-order valence-corrected chi connectivity index (χ0v) is 13.5. The van der Waals surface area contributed by atoms with Gasteiger partial charge in [-0.3, -0.25) is 0 Å². The number of hydrogen-bond acceptors (Lipinski definition) is 1. The number of aryl methyl sites for hydroxylation is 1. The van der Waals surface area contributed by atoms with Crippen LogP contribution in [0.15, 0.2) is 24.3 Å². The molecule has 1 aliphatic rings. The van der Waals surface area contributed by atoms with Gasteiger partial charge in [0.05, 0.1) is 0 Å². The fourth-order valence-corrected chi connectivity index (χ4v) is 3.42. The van der Waals surface area contributed by atoms with E-state index >= 15 is 0 Å². The summed E-state index contributed by atoms with van der Waals surface area (Å²) in [5.74, 6) is 1.75. The van der Waals surface area contributed by atoms with Crippen LogP contribution >= 0.6 is 0 Å². The molecular weight excluding hydrogens is 242 g/mol. The molecule has 1 saturated carbocycles. The number of nitrogens with one attached hydrogen (secondary N) is 1. The normalized spacial score (nSPS) is 23.2. The molecule has 0 aliphatic heterocycles. The lowest BCUT2D eigenvalue weighted by Gasteiger charge is -2.32. The third kappa shape index (κ3) is 4.63. The standard InChI is InChI=1S/C19H31N/c1-4-16-9-11-17(12-10-16)13-18-7-5-6-8-19(18)14-20-15(2)3/h9-12,15,18-20H,4-8,13-14H2,1-3H3. The van der Waals surface area contributed by atoms with Crippen molar-refractivity contribution in [3.63, 3.8) is 0 Å². The fraction of sp³-hybridized carbons (Fsp3) is 0.684. The minimum absolute atomic E-state index is 0.612. The molecule has 1 aliphatic carbocycles. The zero-order chi connectivity index (χ0) is 14.4. The molecule has 1 aromatic rings. The summed E-state index contributed by atoms with van der Waals surface area (Å²) in [6, 6.07) is 9.92. The van der Waals surface area contributed by atoms with Crippen LogP contribution in [-0.2, 0) is 12.8 Å². The molecule has 0 heterocycles. The first-order chi connectivity index (χ1) is 9.69. The van der Waals surface area contributed by atoms with Gasteiger partial charge in [-0.2, -0.15) is 0 Å². The highest BCUT2D eigenvalue weighted by atomic mass is 14.9. The average Bonchev–Trinajstić information content (AvgIpc) is 2.47. The van der Waals surface area contributed by atoms with E-state index in [-0.39, 0.29) is 0 Å². The molecule has 0 aromatic heterocycles. The molecular formula is C19H31N. The Morgan fingerprint density at radius 3 is 2.20 bits per heavy atom. The lowest BCUT2D eigenvalue weighted by Crippen LogP contribution is -2.34. The Morgan fingerprint density at radius 1 is 1.00 bits per heavy atom. The maximum Gasteiger partial charge on any atom is 0.00104 e. The third-order valence-corrected chi connectivity index (χ3v) is 4.78. The van der Waals surface area contributed by atoms with Crippen LogP contribution in [0, 0.1) is 11.8 Å². The van der Waals surface area contributed by atoms with Crippen LogP contribution in [0.1, 0.15) is 57.6 Å². The van der Waals surface area contributed by atoms with E-state index in [2.05, 4.69) is 50.4 Å². The summed E-state index contributed by atoms with van der Waals surface area (Å²) >= 11 is 0. The van der Waals surface area contributed by atoms with Crippen molar-refractivity contribution in [1.82, 2.24) is 5.32 Å². The van der Waals surface area contributed by atoms with Crippen molar-refractivity contribution in [3.05, 3.63) is 35.4 Å². The van der Waals surface area contributed by atoms with Gasteiger partial charge in [0.15, 0.2) is 0 Å². The van der Waals surface area contributed by atoms with Gasteiger partial charge in [0, 0.05) is 6.04 Å². The van der Waals surface area contributed by atoms with Crippen molar-refractivity contribution in [2.75, 3.05) is 6.54 Å². The van der Waals surface area contributed by atoms with E-state index in [9.17, 15) is 0 Å². The molecule has 2 atom stereocenters. The first-order valence-corrected chi connectivity index (χ1v) is 8.50. The molecule has 1 N–H and O–H groups in total. The van der Waals surface area contributed by atoms with Crippen molar-refractivity contribution in [1.29, 1.82) is 0 Å². The van der Waals surface area contributed by atoms with E-state index in [0.29, 0.717) is 6.04 Å². The molecule has 1 aromatic carbocycles. The SMILES string of the molecule is CCc1ccc(CC2CCCCC2CNC(C)C)cc1. The van der Waals surface area contributed by atoms with Crippen LogP contribution in [0.25, 0.3) is 0 Å². The van der Waals surface area contributed by atoms with Gasteiger partial charge in [-0.05, 0) is 55.2 Å². The monoisotopic (exact) mass is 273 g/mol. The third-order valence-electron chi connectivity index (χ3n) is 4.78. The van der Waals surface area contributed by atoms with Gasteiger partial charge in [-0.25, -0.2) is 0 Å². The van der Waals surface area contributed by atoms with Crippen molar-refractivity contribution < 1.29 is 0 Å². The van der Waals surface area contributed by atoms with Crippen LogP contribution in [-0.4, -0.2) is 12.6 Å². The predicted molar refractivity (Wildman–Crippen MR) is 88.1 cm³/mol. The number of hydrogen-bond donors (Lipinski definition) is 1. The molecule has 1 fully saturated rings. The Bertz CT molecular complexity index is 379. The topological polar surface area (TPSA) is 12.0 Å². The summed E-state index contributed by atoms with van der Waals surface area (Å²) in [7, 11) is 0. The highest BCUT2D eigenvalue weighted by Gasteiger charge is 2.25. The second-order valence-corrected chi connectivity index (χ2v) is 6.74. The van der Waals surface area contributed by atoms with Gasteiger partial charge in [0.2, 0.25) is 0 Å². The highest BCUT2D eigenvalue weighted by Crippen LogP contribution is 2.32. The molecule has 0 saturated heterocycles. The van der Waals surface area contributed by atoms with Crippen molar-refractivity contribution in [2.45, 2.75) is 65.3 Å². The maximum atomic E-state index is 3.65. The number of benzene rings is 1. The average molecular weight is 273 g/mol. The van der Waals surface area contributed by atoms with E-state index in [0.717, 1.165) is 18.3 Å². The molecule has 2 unspecified atom stereocenters. The van der Waals surface area contributed by atoms with E-state index in [1.807, 2.05) is 0 Å². The van der Waals surface area contributed by atoms with Crippen LogP contribution in [0.4, 0.5) is 0 Å². The molecule has 2 rings (SSSR count). The van der Waals surface area contributed by atoms with Crippen LogP contribution in [0.2, 0.25) is 0 Å². The smallest absolute Gasteiger partial charge is 0.00104 e. The van der Waals surface area contributed by atoms with Crippen LogP contribution < -0.4 is 5.32 Å². The Morgan fingerprint density at radius 2 is 1.60 bits per heavy atom. The Hall–Kier alpha value is -0.820. The van der Waals surface area contributed by atoms with Gasteiger partial charge < -0.3 is 5.32 Å². The summed E-state index contributed by atoms with van der Waals surface area (Å²) in [6.07, 6.45) is 8.10. The van der Waals surface area contributed by atoms with Crippen LogP contribution in [0.5, 0.6) is 0 Å². The Labute approximate surface area is 125 Å². The number of rotatable bonds is 6. The fourth-order valence-electron chi connectivity index (χ4n) is 3.42. The van der Waals surface area contributed by atoms with Gasteiger partial charge >= 0.3 is 0 Å². The Kier molecular flexibility index (Phi) is 6.09. The van der Waals surface area contributed by atoms with Gasteiger partial charge in [-0.15, -0.1) is 0 Å². The van der Waals surface area contributed by atoms with Gasteiger partial charge in [-0.1, -0.05) is 57.9 Å². The minimum atomic E-state index is 0.612. The van der Waals surface area contributed by atoms with E-state index in [4.69, 9.17) is 0 Å². The summed E-state index contributed by atoms with van der Waals surface area (Å²) in [5.41, 5.74) is 2.99. The van der Waals surface area contributed by atoms with E-state index < -0.39 is 0 Å². The zero-order valence-electron chi connectivity index (χ0n) is 13.5. The Balaban J connectivity index is 1.93. The second-order valence-electron chi connectivity index (χ2n) is 6.74. The molecule has 1 heteroatoms. The molecule has 0 radical (unpaired) electrons. The van der Waals surface area contributed by atoms with E-state index in [1.54, 1.807) is 0 Å². The second kappa shape index (κ2) is 7.83. The molecule has 0 spiro atoms. The minimum Gasteiger partial charge on any atom is -0.314 e.